The Hall–Kier alpha value is -4.33. The van der Waals surface area contributed by atoms with Gasteiger partial charge in [0.05, 0.1) is 16.9 Å². The Morgan fingerprint density at radius 3 is 2.53 bits per heavy atom. The SMILES string of the molecule is CN(C(=O)C1CC1)c1ccc(Nc2cc(N(C)c3cccc4[nH]ccc34)c(C(N)=O)cn2)cc1. The van der Waals surface area contributed by atoms with Gasteiger partial charge in [-0.25, -0.2) is 4.98 Å². The number of benzene rings is 2. The maximum absolute atomic E-state index is 12.3. The monoisotopic (exact) mass is 454 g/mol. The van der Waals surface area contributed by atoms with Crippen LogP contribution in [0.1, 0.15) is 23.2 Å². The first-order valence-electron chi connectivity index (χ1n) is 11.2. The van der Waals surface area contributed by atoms with E-state index in [0.29, 0.717) is 17.1 Å². The van der Waals surface area contributed by atoms with E-state index >= 15 is 0 Å². The Bertz CT molecular complexity index is 1370. The van der Waals surface area contributed by atoms with Gasteiger partial charge in [0.2, 0.25) is 5.91 Å². The predicted octanol–water partition coefficient (Wildman–Crippen LogP) is 4.55. The highest BCUT2D eigenvalue weighted by molar-refractivity contribution is 6.02. The van der Waals surface area contributed by atoms with Gasteiger partial charge in [-0.05, 0) is 55.3 Å². The summed E-state index contributed by atoms with van der Waals surface area (Å²) in [5.41, 5.74) is 10.2. The van der Waals surface area contributed by atoms with Crippen LogP contribution in [0, 0.1) is 5.92 Å². The minimum absolute atomic E-state index is 0.162. The number of rotatable bonds is 7. The molecule has 1 saturated carbocycles. The topological polar surface area (TPSA) is 107 Å². The van der Waals surface area contributed by atoms with Crippen LogP contribution in [0.25, 0.3) is 10.9 Å². The van der Waals surface area contributed by atoms with E-state index < -0.39 is 5.91 Å². The number of pyridine rings is 1. The second-order valence-corrected chi connectivity index (χ2v) is 8.57. The molecular weight excluding hydrogens is 428 g/mol. The number of anilines is 5. The molecule has 0 radical (unpaired) electrons. The molecule has 0 spiro atoms. The van der Waals surface area contributed by atoms with E-state index in [0.717, 1.165) is 40.8 Å². The number of carbonyl (C=O) groups is 2. The summed E-state index contributed by atoms with van der Waals surface area (Å²) in [5.74, 6) is 0.357. The molecule has 34 heavy (non-hydrogen) atoms. The molecule has 2 heterocycles. The summed E-state index contributed by atoms with van der Waals surface area (Å²) in [7, 11) is 3.70. The van der Waals surface area contributed by atoms with E-state index in [-0.39, 0.29) is 11.8 Å². The van der Waals surface area contributed by atoms with Crippen LogP contribution in [0.2, 0.25) is 0 Å². The first-order chi connectivity index (χ1) is 16.4. The quantitative estimate of drug-likeness (QED) is 0.380. The first kappa shape index (κ1) is 21.5. The fraction of sp³-hybridized carbons (Fsp3) is 0.192. The highest BCUT2D eigenvalue weighted by Gasteiger charge is 2.32. The molecule has 1 aliphatic carbocycles. The molecule has 4 N–H and O–H groups in total. The molecule has 2 aromatic carbocycles. The van der Waals surface area contributed by atoms with Crippen molar-refractivity contribution in [3.8, 4) is 0 Å². The number of nitrogens with two attached hydrogens (primary N) is 1. The van der Waals surface area contributed by atoms with Crippen molar-refractivity contribution < 1.29 is 9.59 Å². The van der Waals surface area contributed by atoms with Gasteiger partial charge in [-0.2, -0.15) is 0 Å². The maximum atomic E-state index is 12.3. The Labute approximate surface area is 197 Å². The molecule has 2 aromatic heterocycles. The van der Waals surface area contributed by atoms with Gasteiger partial charge in [0.15, 0.2) is 0 Å². The van der Waals surface area contributed by atoms with Crippen LogP contribution in [-0.2, 0) is 4.79 Å². The molecule has 1 fully saturated rings. The molecule has 8 heteroatoms. The van der Waals surface area contributed by atoms with Crippen LogP contribution in [0.5, 0.6) is 0 Å². The Kier molecular flexibility index (Phi) is 5.41. The number of aromatic nitrogens is 2. The molecule has 0 atom stereocenters. The number of carbonyl (C=O) groups excluding carboxylic acids is 2. The van der Waals surface area contributed by atoms with E-state index in [4.69, 9.17) is 5.73 Å². The van der Waals surface area contributed by atoms with E-state index in [2.05, 4.69) is 15.3 Å². The van der Waals surface area contributed by atoms with Crippen LogP contribution in [0.3, 0.4) is 0 Å². The normalized spacial score (nSPS) is 13.0. The molecule has 0 aliphatic heterocycles. The summed E-state index contributed by atoms with van der Waals surface area (Å²) < 4.78 is 0. The van der Waals surface area contributed by atoms with Crippen LogP contribution in [0.15, 0.2) is 67.0 Å². The van der Waals surface area contributed by atoms with E-state index in [1.807, 2.05) is 72.7 Å². The Morgan fingerprint density at radius 1 is 1.06 bits per heavy atom. The number of nitrogens with zero attached hydrogens (tertiary/aromatic N) is 3. The zero-order valence-corrected chi connectivity index (χ0v) is 19.1. The summed E-state index contributed by atoms with van der Waals surface area (Å²) in [5, 5.41) is 4.31. The minimum atomic E-state index is -0.546. The molecule has 4 aromatic rings. The third-order valence-corrected chi connectivity index (χ3v) is 6.23. The second-order valence-electron chi connectivity index (χ2n) is 8.57. The molecule has 0 unspecified atom stereocenters. The van der Waals surface area contributed by atoms with Gasteiger partial charge in [0.1, 0.15) is 5.82 Å². The fourth-order valence-electron chi connectivity index (χ4n) is 4.12. The number of aromatic amines is 1. The number of primary amides is 1. The van der Waals surface area contributed by atoms with Gasteiger partial charge in [0.25, 0.3) is 5.91 Å². The summed E-state index contributed by atoms with van der Waals surface area (Å²) >= 11 is 0. The molecule has 0 bridgehead atoms. The standard InChI is InChI=1S/C26H26N6O2/c1-31(26(34)16-6-7-16)18-10-8-17(9-11-18)30-24-14-23(20(15-29-24)25(27)33)32(2)22-5-3-4-21-19(22)12-13-28-21/h3-5,8-16,28H,6-7H2,1-2H3,(H2,27,33)(H,29,30). The number of amides is 2. The third kappa shape index (κ3) is 4.05. The van der Waals surface area contributed by atoms with Crippen LogP contribution >= 0.6 is 0 Å². The van der Waals surface area contributed by atoms with Crippen LogP contribution in [-0.4, -0.2) is 35.9 Å². The van der Waals surface area contributed by atoms with E-state index in [1.54, 1.807) is 11.9 Å². The third-order valence-electron chi connectivity index (χ3n) is 6.23. The largest absolute Gasteiger partial charge is 0.365 e. The van der Waals surface area contributed by atoms with Crippen molar-refractivity contribution in [2.45, 2.75) is 12.8 Å². The maximum Gasteiger partial charge on any atom is 0.252 e. The molecule has 8 nitrogen and oxygen atoms in total. The van der Waals surface area contributed by atoms with Crippen molar-refractivity contribution in [3.05, 3.63) is 72.6 Å². The lowest BCUT2D eigenvalue weighted by molar-refractivity contribution is -0.119. The fourth-order valence-corrected chi connectivity index (χ4v) is 4.12. The highest BCUT2D eigenvalue weighted by atomic mass is 16.2. The van der Waals surface area contributed by atoms with E-state index in [9.17, 15) is 9.59 Å². The van der Waals surface area contributed by atoms with Crippen molar-refractivity contribution in [3.63, 3.8) is 0 Å². The van der Waals surface area contributed by atoms with Gasteiger partial charge < -0.3 is 25.8 Å². The van der Waals surface area contributed by atoms with Crippen LogP contribution in [0.4, 0.5) is 28.6 Å². The van der Waals surface area contributed by atoms with Crippen molar-refractivity contribution in [1.82, 2.24) is 9.97 Å². The van der Waals surface area contributed by atoms with Crippen molar-refractivity contribution >= 4 is 51.3 Å². The van der Waals surface area contributed by atoms with Crippen LogP contribution < -0.4 is 20.9 Å². The smallest absolute Gasteiger partial charge is 0.252 e. The lowest BCUT2D eigenvalue weighted by Crippen LogP contribution is -2.27. The molecule has 5 rings (SSSR count). The lowest BCUT2D eigenvalue weighted by atomic mass is 10.1. The average Bonchev–Trinajstić information content (AvgIpc) is 3.59. The number of nitrogens with one attached hydrogen (secondary N) is 2. The summed E-state index contributed by atoms with van der Waals surface area (Å²) in [6.45, 7) is 0. The van der Waals surface area contributed by atoms with E-state index in [1.165, 1.54) is 6.20 Å². The van der Waals surface area contributed by atoms with Gasteiger partial charge in [-0.3, -0.25) is 9.59 Å². The Morgan fingerprint density at radius 2 is 1.82 bits per heavy atom. The zero-order chi connectivity index (χ0) is 23.8. The highest BCUT2D eigenvalue weighted by Crippen LogP contribution is 2.35. The second kappa shape index (κ2) is 8.55. The summed E-state index contributed by atoms with van der Waals surface area (Å²) in [6.07, 6.45) is 5.33. The van der Waals surface area contributed by atoms with Crippen molar-refractivity contribution in [2.24, 2.45) is 11.7 Å². The molecule has 2 amide bonds. The Balaban J connectivity index is 1.42. The van der Waals surface area contributed by atoms with Crippen molar-refractivity contribution in [2.75, 3.05) is 29.2 Å². The van der Waals surface area contributed by atoms with Gasteiger partial charge in [0, 0.05) is 60.8 Å². The molecular formula is C26H26N6O2. The van der Waals surface area contributed by atoms with Gasteiger partial charge in [-0.15, -0.1) is 0 Å². The number of hydrogen-bond acceptors (Lipinski definition) is 5. The van der Waals surface area contributed by atoms with Gasteiger partial charge >= 0.3 is 0 Å². The average molecular weight is 455 g/mol. The molecule has 0 saturated heterocycles. The number of H-pyrrole nitrogens is 1. The number of fused-ring (bicyclic) bond motifs is 1. The van der Waals surface area contributed by atoms with Gasteiger partial charge in [-0.1, -0.05) is 6.07 Å². The minimum Gasteiger partial charge on any atom is -0.365 e. The number of hydrogen-bond donors (Lipinski definition) is 3. The first-order valence-corrected chi connectivity index (χ1v) is 11.2. The molecule has 1 aliphatic rings. The zero-order valence-electron chi connectivity index (χ0n) is 19.1. The summed E-state index contributed by atoms with van der Waals surface area (Å²) in [4.78, 5) is 35.7. The summed E-state index contributed by atoms with van der Waals surface area (Å²) in [6, 6.07) is 17.4. The predicted molar refractivity (Wildman–Crippen MR) is 135 cm³/mol. The van der Waals surface area contributed by atoms with Crippen molar-refractivity contribution in [1.29, 1.82) is 0 Å². The lowest BCUT2D eigenvalue weighted by Gasteiger charge is -2.23. The molecule has 172 valence electrons.